The normalized spacial score (nSPS) is 16.9. The molecule has 0 aromatic heterocycles. The van der Waals surface area contributed by atoms with Crippen LogP contribution in [-0.2, 0) is 16.1 Å². The minimum absolute atomic E-state index is 0.0404. The quantitative estimate of drug-likeness (QED) is 0.874. The number of benzene rings is 1. The van der Waals surface area contributed by atoms with E-state index >= 15 is 0 Å². The van der Waals surface area contributed by atoms with Crippen LogP contribution in [0.4, 0.5) is 0 Å². The molecular weight excluding hydrogens is 294 g/mol. The molecule has 116 valence electrons. The van der Waals surface area contributed by atoms with Gasteiger partial charge in [0.1, 0.15) is 12.4 Å². The molecule has 1 aromatic carbocycles. The summed E-state index contributed by atoms with van der Waals surface area (Å²) < 4.78 is 10.7. The zero-order valence-electron chi connectivity index (χ0n) is 12.0. The highest BCUT2D eigenvalue weighted by atomic mass is 35.5. The Bertz CT molecular complexity index is 487. The van der Waals surface area contributed by atoms with Gasteiger partial charge in [0.25, 0.3) is 0 Å². The fourth-order valence-corrected chi connectivity index (χ4v) is 2.73. The number of nitrogens with zero attached hydrogens (tertiary/aromatic N) is 1. The van der Waals surface area contributed by atoms with Gasteiger partial charge in [-0.05, 0) is 31.0 Å². The first-order chi connectivity index (χ1) is 10.1. The lowest BCUT2D eigenvalue weighted by molar-refractivity contribution is -0.145. The zero-order valence-corrected chi connectivity index (χ0v) is 12.8. The van der Waals surface area contributed by atoms with Crippen LogP contribution in [-0.4, -0.2) is 48.9 Å². The Hall–Kier alpha value is -1.30. The third-order valence-electron chi connectivity index (χ3n) is 3.61. The maximum absolute atomic E-state index is 10.5. The number of hydrogen-bond donors (Lipinski definition) is 1. The maximum Gasteiger partial charge on any atom is 0.329 e. The Labute approximate surface area is 129 Å². The van der Waals surface area contributed by atoms with Crippen molar-refractivity contribution in [2.45, 2.75) is 25.5 Å². The highest BCUT2D eigenvalue weighted by molar-refractivity contribution is 6.30. The van der Waals surface area contributed by atoms with E-state index in [1.165, 1.54) is 0 Å². The molecule has 1 saturated heterocycles. The first-order valence-corrected chi connectivity index (χ1v) is 7.34. The lowest BCUT2D eigenvalue weighted by Gasteiger charge is -2.31. The summed E-state index contributed by atoms with van der Waals surface area (Å²) in [5.74, 6) is -0.0789. The molecule has 0 atom stereocenters. The molecule has 0 aliphatic carbocycles. The number of carboxylic acid groups (broad SMARTS) is 1. The van der Waals surface area contributed by atoms with Crippen molar-refractivity contribution in [2.24, 2.45) is 0 Å². The van der Waals surface area contributed by atoms with Crippen molar-refractivity contribution in [3.05, 3.63) is 28.8 Å². The highest BCUT2D eigenvalue weighted by Crippen LogP contribution is 2.25. The van der Waals surface area contributed by atoms with Gasteiger partial charge in [-0.25, -0.2) is 4.79 Å². The van der Waals surface area contributed by atoms with E-state index in [1.807, 2.05) is 18.2 Å². The second-order valence-electron chi connectivity index (χ2n) is 5.14. The molecule has 1 heterocycles. The zero-order chi connectivity index (χ0) is 15.2. The number of carboxylic acids is 1. The van der Waals surface area contributed by atoms with Gasteiger partial charge in [0.15, 0.2) is 0 Å². The molecule has 5 nitrogen and oxygen atoms in total. The molecule has 1 aliphatic rings. The van der Waals surface area contributed by atoms with Crippen LogP contribution in [0.2, 0.25) is 5.02 Å². The number of aliphatic carboxylic acids is 1. The minimum Gasteiger partial charge on any atom is -0.496 e. The summed E-state index contributed by atoms with van der Waals surface area (Å²) in [6, 6.07) is 5.61. The van der Waals surface area contributed by atoms with Gasteiger partial charge in [0.2, 0.25) is 0 Å². The first kappa shape index (κ1) is 16.1. The summed E-state index contributed by atoms with van der Waals surface area (Å²) in [6.45, 7) is 2.31. The van der Waals surface area contributed by atoms with Gasteiger partial charge in [-0.15, -0.1) is 0 Å². The van der Waals surface area contributed by atoms with Crippen LogP contribution in [0.3, 0.4) is 0 Å². The molecule has 1 fully saturated rings. The van der Waals surface area contributed by atoms with Crippen molar-refractivity contribution in [2.75, 3.05) is 26.8 Å². The minimum atomic E-state index is -0.916. The van der Waals surface area contributed by atoms with Crippen molar-refractivity contribution in [3.63, 3.8) is 0 Å². The molecule has 6 heteroatoms. The topological polar surface area (TPSA) is 59.0 Å². The predicted octanol–water partition coefficient (Wildman–Crippen LogP) is 2.41. The molecule has 0 saturated carbocycles. The number of piperidine rings is 1. The Morgan fingerprint density at radius 3 is 2.76 bits per heavy atom. The van der Waals surface area contributed by atoms with Gasteiger partial charge in [-0.1, -0.05) is 11.6 Å². The molecule has 1 N–H and O–H groups in total. The van der Waals surface area contributed by atoms with Gasteiger partial charge in [-0.2, -0.15) is 0 Å². The largest absolute Gasteiger partial charge is 0.496 e. The van der Waals surface area contributed by atoms with E-state index in [0.717, 1.165) is 43.8 Å². The molecule has 0 spiro atoms. The van der Waals surface area contributed by atoms with E-state index in [2.05, 4.69) is 4.90 Å². The van der Waals surface area contributed by atoms with Crippen molar-refractivity contribution in [1.29, 1.82) is 0 Å². The van der Waals surface area contributed by atoms with Crippen LogP contribution in [0, 0.1) is 0 Å². The second-order valence-corrected chi connectivity index (χ2v) is 5.57. The average Bonchev–Trinajstić information content (AvgIpc) is 2.47. The number of carbonyl (C=O) groups is 1. The molecule has 0 radical (unpaired) electrons. The number of methoxy groups -OCH3 is 1. The van der Waals surface area contributed by atoms with E-state index < -0.39 is 5.97 Å². The fourth-order valence-electron chi connectivity index (χ4n) is 2.53. The Morgan fingerprint density at radius 1 is 1.43 bits per heavy atom. The van der Waals surface area contributed by atoms with Crippen LogP contribution >= 0.6 is 11.6 Å². The molecule has 1 aliphatic heterocycles. The Morgan fingerprint density at radius 2 is 2.14 bits per heavy atom. The summed E-state index contributed by atoms with van der Waals surface area (Å²) >= 11 is 6.04. The monoisotopic (exact) mass is 313 g/mol. The van der Waals surface area contributed by atoms with E-state index in [1.54, 1.807) is 7.11 Å². The smallest absolute Gasteiger partial charge is 0.329 e. The van der Waals surface area contributed by atoms with Crippen LogP contribution in [0.1, 0.15) is 18.4 Å². The Kier molecular flexibility index (Phi) is 5.85. The lowest BCUT2D eigenvalue weighted by atomic mass is 10.1. The van der Waals surface area contributed by atoms with Gasteiger partial charge in [0.05, 0.1) is 13.2 Å². The van der Waals surface area contributed by atoms with Crippen LogP contribution in [0.25, 0.3) is 0 Å². The molecule has 21 heavy (non-hydrogen) atoms. The van der Waals surface area contributed by atoms with Crippen molar-refractivity contribution in [1.82, 2.24) is 4.90 Å². The SMILES string of the molecule is COc1ccc(Cl)cc1CN1CCC(OCC(=O)O)CC1. The van der Waals surface area contributed by atoms with Gasteiger partial charge in [0, 0.05) is 30.2 Å². The lowest BCUT2D eigenvalue weighted by Crippen LogP contribution is -2.37. The number of halogens is 1. The molecular formula is C15H20ClNO4. The number of hydrogen-bond acceptors (Lipinski definition) is 4. The average molecular weight is 314 g/mol. The molecule has 2 rings (SSSR count). The summed E-state index contributed by atoms with van der Waals surface area (Å²) in [5.41, 5.74) is 1.06. The van der Waals surface area contributed by atoms with Crippen LogP contribution in [0.5, 0.6) is 5.75 Å². The highest BCUT2D eigenvalue weighted by Gasteiger charge is 2.21. The predicted molar refractivity (Wildman–Crippen MR) is 79.9 cm³/mol. The van der Waals surface area contributed by atoms with Crippen LogP contribution < -0.4 is 4.74 Å². The van der Waals surface area contributed by atoms with Gasteiger partial charge < -0.3 is 14.6 Å². The van der Waals surface area contributed by atoms with E-state index in [4.69, 9.17) is 26.2 Å². The maximum atomic E-state index is 10.5. The van der Waals surface area contributed by atoms with Crippen molar-refractivity contribution < 1.29 is 19.4 Å². The van der Waals surface area contributed by atoms with E-state index in [0.29, 0.717) is 5.02 Å². The third kappa shape index (κ3) is 4.88. The van der Waals surface area contributed by atoms with E-state index in [-0.39, 0.29) is 12.7 Å². The molecule has 0 amide bonds. The van der Waals surface area contributed by atoms with Crippen LogP contribution in [0.15, 0.2) is 18.2 Å². The number of rotatable bonds is 6. The summed E-state index contributed by atoms with van der Waals surface area (Å²) in [4.78, 5) is 12.8. The second kappa shape index (κ2) is 7.64. The number of ether oxygens (including phenoxy) is 2. The third-order valence-corrected chi connectivity index (χ3v) is 3.85. The first-order valence-electron chi connectivity index (χ1n) is 6.96. The van der Waals surface area contributed by atoms with Gasteiger partial charge >= 0.3 is 5.97 Å². The summed E-state index contributed by atoms with van der Waals surface area (Å²) in [7, 11) is 1.65. The standard InChI is InChI=1S/C15H20ClNO4/c1-20-14-3-2-12(16)8-11(14)9-17-6-4-13(5-7-17)21-10-15(18)19/h2-3,8,13H,4-7,9-10H2,1H3,(H,18,19). The number of likely N-dealkylation sites (tertiary alicyclic amines) is 1. The Balaban J connectivity index is 1.86. The molecule has 0 unspecified atom stereocenters. The fraction of sp³-hybridized carbons (Fsp3) is 0.533. The summed E-state index contributed by atoms with van der Waals surface area (Å²) in [5, 5.41) is 9.31. The molecule has 1 aromatic rings. The molecule has 0 bridgehead atoms. The summed E-state index contributed by atoms with van der Waals surface area (Å²) in [6.07, 6.45) is 1.73. The van der Waals surface area contributed by atoms with E-state index in [9.17, 15) is 4.79 Å². The van der Waals surface area contributed by atoms with Crippen molar-refractivity contribution >= 4 is 17.6 Å². The van der Waals surface area contributed by atoms with Gasteiger partial charge in [-0.3, -0.25) is 4.90 Å². The van der Waals surface area contributed by atoms with Crippen molar-refractivity contribution in [3.8, 4) is 5.75 Å².